The summed E-state index contributed by atoms with van der Waals surface area (Å²) in [6, 6.07) is 0. The van der Waals surface area contributed by atoms with Gasteiger partial charge in [0.2, 0.25) is 5.65 Å². The third-order valence-electron chi connectivity index (χ3n) is 1.41. The molecule has 8 heteroatoms. The Hall–Kier alpha value is -1.57. The Morgan fingerprint density at radius 1 is 1.05 bits per heavy atom. The molecule has 19 heavy (non-hydrogen) atoms. The van der Waals surface area contributed by atoms with E-state index < -0.39 is 10.0 Å². The summed E-state index contributed by atoms with van der Waals surface area (Å²) < 4.78 is 23.0. The SMILES string of the molecule is CC.CC.CC.CS(=O)(=O)n1nnc2ncncc21. The van der Waals surface area contributed by atoms with Crippen LogP contribution in [0.2, 0.25) is 0 Å². The monoisotopic (exact) mass is 289 g/mol. The second-order valence-corrected chi connectivity index (χ2v) is 4.24. The number of nitrogens with zero attached hydrogens (tertiary/aromatic N) is 5. The lowest BCUT2D eigenvalue weighted by Gasteiger charge is -1.94. The van der Waals surface area contributed by atoms with Crippen molar-refractivity contribution < 1.29 is 8.42 Å². The van der Waals surface area contributed by atoms with Crippen LogP contribution in [0.15, 0.2) is 12.5 Å². The van der Waals surface area contributed by atoms with E-state index in [1.165, 1.54) is 12.5 Å². The van der Waals surface area contributed by atoms with Crippen LogP contribution in [0.3, 0.4) is 0 Å². The van der Waals surface area contributed by atoms with E-state index in [2.05, 4.69) is 20.3 Å². The minimum atomic E-state index is -3.42. The van der Waals surface area contributed by atoms with Gasteiger partial charge in [-0.1, -0.05) is 41.5 Å². The van der Waals surface area contributed by atoms with Gasteiger partial charge in [-0.2, -0.15) is 0 Å². The van der Waals surface area contributed by atoms with Gasteiger partial charge in [-0.25, -0.2) is 18.4 Å². The van der Waals surface area contributed by atoms with E-state index in [0.29, 0.717) is 0 Å². The summed E-state index contributed by atoms with van der Waals surface area (Å²) in [7, 11) is -3.42. The first-order chi connectivity index (χ1) is 9.09. The molecule has 7 nitrogen and oxygen atoms in total. The van der Waals surface area contributed by atoms with Gasteiger partial charge < -0.3 is 0 Å². The second kappa shape index (κ2) is 10.4. The van der Waals surface area contributed by atoms with Gasteiger partial charge in [0.15, 0.2) is 0 Å². The molecular formula is C11H23N5O2S. The number of rotatable bonds is 1. The van der Waals surface area contributed by atoms with Crippen molar-refractivity contribution in [3.63, 3.8) is 0 Å². The summed E-state index contributed by atoms with van der Waals surface area (Å²) >= 11 is 0. The smallest absolute Gasteiger partial charge is 0.242 e. The van der Waals surface area contributed by atoms with Crippen LogP contribution in [0.5, 0.6) is 0 Å². The lowest BCUT2D eigenvalue weighted by atomic mass is 10.6. The summed E-state index contributed by atoms with van der Waals surface area (Å²) in [6.45, 7) is 12.0. The molecule has 0 N–H and O–H groups in total. The molecule has 2 heterocycles. The molecule has 0 bridgehead atoms. The number of aromatic nitrogens is 5. The lowest BCUT2D eigenvalue weighted by molar-refractivity contribution is 0.585. The molecular weight excluding hydrogens is 266 g/mol. The maximum atomic E-state index is 11.1. The predicted octanol–water partition coefficient (Wildman–Crippen LogP) is 2.11. The maximum Gasteiger partial charge on any atom is 0.252 e. The molecule has 0 aromatic carbocycles. The molecule has 0 aliphatic rings. The van der Waals surface area contributed by atoms with Gasteiger partial charge in [0, 0.05) is 0 Å². The van der Waals surface area contributed by atoms with E-state index in [-0.39, 0.29) is 11.2 Å². The quantitative estimate of drug-likeness (QED) is 0.798. The van der Waals surface area contributed by atoms with Crippen molar-refractivity contribution in [1.29, 1.82) is 0 Å². The van der Waals surface area contributed by atoms with E-state index in [4.69, 9.17) is 0 Å². The van der Waals surface area contributed by atoms with Crippen molar-refractivity contribution in [3.05, 3.63) is 12.5 Å². The maximum absolute atomic E-state index is 11.1. The van der Waals surface area contributed by atoms with Crippen LogP contribution in [-0.2, 0) is 10.0 Å². The van der Waals surface area contributed by atoms with Gasteiger partial charge in [0.05, 0.1) is 12.5 Å². The van der Waals surface area contributed by atoms with Crippen LogP contribution < -0.4 is 0 Å². The summed E-state index contributed by atoms with van der Waals surface area (Å²) in [5.74, 6) is 0. The van der Waals surface area contributed by atoms with Crippen LogP contribution in [-0.4, -0.2) is 39.0 Å². The lowest BCUT2D eigenvalue weighted by Crippen LogP contribution is -2.11. The molecule has 0 saturated carbocycles. The van der Waals surface area contributed by atoms with E-state index in [9.17, 15) is 8.42 Å². The Bertz CT molecular complexity index is 551. The molecule has 0 amide bonds. The van der Waals surface area contributed by atoms with Crippen molar-refractivity contribution in [1.82, 2.24) is 24.4 Å². The second-order valence-electron chi connectivity index (χ2n) is 2.43. The van der Waals surface area contributed by atoms with E-state index in [1.54, 1.807) is 0 Å². The van der Waals surface area contributed by atoms with Crippen LogP contribution in [0.1, 0.15) is 41.5 Å². The number of fused-ring (bicyclic) bond motifs is 1. The summed E-state index contributed by atoms with van der Waals surface area (Å²) in [4.78, 5) is 7.43. The highest BCUT2D eigenvalue weighted by Crippen LogP contribution is 2.06. The molecule has 0 aliphatic carbocycles. The largest absolute Gasteiger partial charge is 0.252 e. The third-order valence-corrected chi connectivity index (χ3v) is 2.31. The minimum absolute atomic E-state index is 0.264. The van der Waals surface area contributed by atoms with Crippen LogP contribution in [0.25, 0.3) is 11.2 Å². The van der Waals surface area contributed by atoms with Crippen molar-refractivity contribution in [2.24, 2.45) is 0 Å². The van der Waals surface area contributed by atoms with Gasteiger partial charge in [0.25, 0.3) is 10.0 Å². The molecule has 0 atom stereocenters. The Morgan fingerprint density at radius 3 is 2.05 bits per heavy atom. The van der Waals surface area contributed by atoms with E-state index >= 15 is 0 Å². The zero-order chi connectivity index (χ0) is 15.5. The highest BCUT2D eigenvalue weighted by Gasteiger charge is 2.12. The van der Waals surface area contributed by atoms with E-state index in [1.807, 2.05) is 41.5 Å². The van der Waals surface area contributed by atoms with Gasteiger partial charge in [-0.15, -0.1) is 9.19 Å². The van der Waals surface area contributed by atoms with Crippen LogP contribution in [0.4, 0.5) is 0 Å². The third kappa shape index (κ3) is 5.73. The van der Waals surface area contributed by atoms with Gasteiger partial charge >= 0.3 is 0 Å². The molecule has 0 radical (unpaired) electrons. The average Bonchev–Trinajstić information content (AvgIpc) is 2.89. The molecule has 2 aromatic heterocycles. The normalized spacial score (nSPS) is 9.21. The molecule has 2 aromatic rings. The molecule has 0 fully saturated rings. The Labute approximate surface area is 115 Å². The first-order valence-corrected chi connectivity index (χ1v) is 8.16. The number of hydrogen-bond acceptors (Lipinski definition) is 6. The minimum Gasteiger partial charge on any atom is -0.242 e. The van der Waals surface area contributed by atoms with Gasteiger partial charge in [-0.3, -0.25) is 0 Å². The average molecular weight is 289 g/mol. The fourth-order valence-electron chi connectivity index (χ4n) is 0.904. The Balaban J connectivity index is 0. The molecule has 0 unspecified atom stereocenters. The topological polar surface area (TPSA) is 90.6 Å². The van der Waals surface area contributed by atoms with Gasteiger partial charge in [0.1, 0.15) is 11.8 Å². The van der Waals surface area contributed by atoms with Crippen molar-refractivity contribution in [2.45, 2.75) is 41.5 Å². The molecule has 2 rings (SSSR count). The first-order valence-electron chi connectivity index (χ1n) is 6.31. The fourth-order valence-corrected chi connectivity index (χ4v) is 1.56. The van der Waals surface area contributed by atoms with Crippen molar-refractivity contribution in [2.75, 3.05) is 6.26 Å². The Morgan fingerprint density at radius 2 is 1.58 bits per heavy atom. The first kappa shape index (κ1) is 19.8. The fraction of sp³-hybridized carbons (Fsp3) is 0.636. The van der Waals surface area contributed by atoms with Crippen LogP contribution >= 0.6 is 0 Å². The Kier molecular flexibility index (Phi) is 10.8. The van der Waals surface area contributed by atoms with Crippen molar-refractivity contribution >= 4 is 21.2 Å². The summed E-state index contributed by atoms with van der Waals surface area (Å²) in [5, 5.41) is 7.01. The summed E-state index contributed by atoms with van der Waals surface area (Å²) in [5.41, 5.74) is 0.547. The highest BCUT2D eigenvalue weighted by molar-refractivity contribution is 7.89. The molecule has 0 aliphatic heterocycles. The molecule has 0 saturated heterocycles. The number of hydrogen-bond donors (Lipinski definition) is 0. The zero-order valence-corrected chi connectivity index (χ0v) is 13.4. The van der Waals surface area contributed by atoms with Crippen LogP contribution in [0, 0.1) is 0 Å². The zero-order valence-electron chi connectivity index (χ0n) is 12.6. The van der Waals surface area contributed by atoms with Gasteiger partial charge in [-0.05, 0) is 5.21 Å². The molecule has 110 valence electrons. The molecule has 0 spiro atoms. The predicted molar refractivity (Wildman–Crippen MR) is 77.4 cm³/mol. The summed E-state index contributed by atoms with van der Waals surface area (Å²) in [6.07, 6.45) is 3.67. The standard InChI is InChI=1S/C5H5N5O2S.3C2H6/c1-13(11,12)10-4-2-6-3-7-5(4)8-9-10;3*1-2/h2-3H,1H3;3*1-2H3. The van der Waals surface area contributed by atoms with E-state index in [0.717, 1.165) is 10.3 Å². The van der Waals surface area contributed by atoms with Crippen molar-refractivity contribution in [3.8, 4) is 0 Å². The highest BCUT2D eigenvalue weighted by atomic mass is 32.2.